The number of hydrogen-bond donors (Lipinski definition) is 1. The number of ether oxygens (including phenoxy) is 1. The molecule has 1 atom stereocenters. The lowest BCUT2D eigenvalue weighted by atomic mass is 10.1. The SMILES string of the molecule is CC1CN(C(=O)c2cccc(S(=O)(=O)N3CCOCC3)c2)CCN1CC(C)(C)O. The molecule has 3 rings (SSSR count). The molecule has 0 aliphatic carbocycles. The summed E-state index contributed by atoms with van der Waals surface area (Å²) >= 11 is 0. The van der Waals surface area contributed by atoms with E-state index in [1.165, 1.54) is 16.4 Å². The van der Waals surface area contributed by atoms with E-state index in [0.29, 0.717) is 58.0 Å². The number of amides is 1. The van der Waals surface area contributed by atoms with Gasteiger partial charge >= 0.3 is 0 Å². The third-order valence-electron chi connectivity index (χ3n) is 5.33. The fourth-order valence-electron chi connectivity index (χ4n) is 3.82. The zero-order chi connectivity index (χ0) is 21.2. The van der Waals surface area contributed by atoms with Crippen LogP contribution in [0.4, 0.5) is 0 Å². The van der Waals surface area contributed by atoms with E-state index in [4.69, 9.17) is 4.74 Å². The first-order valence-corrected chi connectivity index (χ1v) is 11.5. The summed E-state index contributed by atoms with van der Waals surface area (Å²) < 4.78 is 32.4. The molecule has 8 nitrogen and oxygen atoms in total. The van der Waals surface area contributed by atoms with Crippen LogP contribution in [-0.4, -0.2) is 97.7 Å². The maximum atomic E-state index is 13.0. The van der Waals surface area contributed by atoms with Crippen molar-refractivity contribution in [1.82, 2.24) is 14.1 Å². The first-order chi connectivity index (χ1) is 13.6. The third-order valence-corrected chi connectivity index (χ3v) is 7.23. The summed E-state index contributed by atoms with van der Waals surface area (Å²) in [6.07, 6.45) is 0. The molecule has 1 aromatic carbocycles. The third kappa shape index (κ3) is 5.35. The van der Waals surface area contributed by atoms with Gasteiger partial charge in [0, 0.05) is 50.9 Å². The van der Waals surface area contributed by atoms with Crippen LogP contribution in [0.1, 0.15) is 31.1 Å². The van der Waals surface area contributed by atoms with Crippen molar-refractivity contribution in [3.63, 3.8) is 0 Å². The van der Waals surface area contributed by atoms with Crippen LogP contribution in [0.2, 0.25) is 0 Å². The number of aliphatic hydroxyl groups is 1. The minimum atomic E-state index is -3.64. The predicted octanol–water partition coefficient (Wildman–Crippen LogP) is 0.625. The van der Waals surface area contributed by atoms with Gasteiger partial charge < -0.3 is 14.7 Å². The Morgan fingerprint density at radius 1 is 1.21 bits per heavy atom. The quantitative estimate of drug-likeness (QED) is 0.744. The average Bonchev–Trinajstić information content (AvgIpc) is 2.69. The maximum Gasteiger partial charge on any atom is 0.253 e. The Labute approximate surface area is 173 Å². The van der Waals surface area contributed by atoms with Crippen LogP contribution in [0, 0.1) is 0 Å². The van der Waals surface area contributed by atoms with Gasteiger partial charge in [0.15, 0.2) is 0 Å². The number of benzene rings is 1. The summed E-state index contributed by atoms with van der Waals surface area (Å²) in [5.74, 6) is -0.168. The molecule has 1 unspecified atom stereocenters. The monoisotopic (exact) mass is 425 g/mol. The van der Waals surface area contributed by atoms with E-state index >= 15 is 0 Å². The molecule has 1 amide bonds. The number of β-amino-alcohol motifs (C(OH)–C–C–N with tert-alkyl or cyclic N) is 1. The first kappa shape index (κ1) is 22.2. The van der Waals surface area contributed by atoms with Gasteiger partial charge in [0.05, 0.1) is 23.7 Å². The summed E-state index contributed by atoms with van der Waals surface area (Å²) in [4.78, 5) is 17.1. The van der Waals surface area contributed by atoms with Gasteiger partial charge in [-0.15, -0.1) is 0 Å². The highest BCUT2D eigenvalue weighted by Gasteiger charge is 2.31. The summed E-state index contributed by atoms with van der Waals surface area (Å²) in [6.45, 7) is 9.28. The van der Waals surface area contributed by atoms with Crippen molar-refractivity contribution in [1.29, 1.82) is 0 Å². The van der Waals surface area contributed by atoms with E-state index in [1.807, 2.05) is 6.92 Å². The van der Waals surface area contributed by atoms with Crippen LogP contribution < -0.4 is 0 Å². The molecular formula is C20H31N3O5S. The second-order valence-electron chi connectivity index (χ2n) is 8.43. The second-order valence-corrected chi connectivity index (χ2v) is 10.4. The van der Waals surface area contributed by atoms with Crippen molar-refractivity contribution in [3.05, 3.63) is 29.8 Å². The van der Waals surface area contributed by atoms with Crippen molar-refractivity contribution >= 4 is 15.9 Å². The molecule has 0 spiro atoms. The smallest absolute Gasteiger partial charge is 0.253 e. The van der Waals surface area contributed by atoms with Gasteiger partial charge in [-0.05, 0) is 39.0 Å². The molecule has 2 saturated heterocycles. The Morgan fingerprint density at radius 3 is 2.52 bits per heavy atom. The number of nitrogens with zero attached hydrogens (tertiary/aromatic N) is 3. The minimum absolute atomic E-state index is 0.111. The molecule has 1 aromatic rings. The number of sulfonamides is 1. The molecule has 0 bridgehead atoms. The van der Waals surface area contributed by atoms with E-state index in [-0.39, 0.29) is 16.8 Å². The number of hydrogen-bond acceptors (Lipinski definition) is 6. The molecular weight excluding hydrogens is 394 g/mol. The molecule has 0 radical (unpaired) electrons. The summed E-state index contributed by atoms with van der Waals surface area (Å²) in [5.41, 5.74) is -0.412. The number of piperazine rings is 1. The van der Waals surface area contributed by atoms with Gasteiger partial charge in [0.25, 0.3) is 5.91 Å². The molecule has 2 aliphatic rings. The Morgan fingerprint density at radius 2 is 1.90 bits per heavy atom. The van der Waals surface area contributed by atoms with Crippen LogP contribution in [0.5, 0.6) is 0 Å². The predicted molar refractivity (Wildman–Crippen MR) is 109 cm³/mol. The summed E-state index contributed by atoms with van der Waals surface area (Å²) in [6, 6.07) is 6.40. The van der Waals surface area contributed by atoms with Crippen molar-refractivity contribution in [2.75, 3.05) is 52.5 Å². The van der Waals surface area contributed by atoms with Gasteiger partial charge in [-0.25, -0.2) is 8.42 Å². The van der Waals surface area contributed by atoms with E-state index < -0.39 is 15.6 Å². The van der Waals surface area contributed by atoms with Crippen molar-refractivity contribution in [2.45, 2.75) is 37.3 Å². The molecule has 2 fully saturated rings. The van der Waals surface area contributed by atoms with Crippen LogP contribution in [0.25, 0.3) is 0 Å². The molecule has 1 N–H and O–H groups in total. The Kier molecular flexibility index (Phi) is 6.64. The summed E-state index contributed by atoms with van der Waals surface area (Å²) in [7, 11) is -3.64. The highest BCUT2D eigenvalue weighted by atomic mass is 32.2. The minimum Gasteiger partial charge on any atom is -0.389 e. The fraction of sp³-hybridized carbons (Fsp3) is 0.650. The number of carbonyl (C=O) groups excluding carboxylic acids is 1. The number of carbonyl (C=O) groups is 1. The number of rotatable bonds is 5. The average molecular weight is 426 g/mol. The standard InChI is InChI=1S/C20H31N3O5S/c1-16-14-21(7-8-22(16)15-20(2,3)25)19(24)17-5-4-6-18(13-17)29(26,27)23-9-11-28-12-10-23/h4-6,13,16,25H,7-12,14-15H2,1-3H3. The molecule has 0 aromatic heterocycles. The zero-order valence-electron chi connectivity index (χ0n) is 17.4. The first-order valence-electron chi connectivity index (χ1n) is 10.0. The molecule has 2 aliphatic heterocycles. The highest BCUT2D eigenvalue weighted by Crippen LogP contribution is 2.21. The molecule has 0 saturated carbocycles. The topological polar surface area (TPSA) is 90.4 Å². The summed E-state index contributed by atoms with van der Waals surface area (Å²) in [5, 5.41) is 10.1. The van der Waals surface area contributed by atoms with E-state index in [9.17, 15) is 18.3 Å². The normalized spacial score (nSPS) is 22.6. The van der Waals surface area contributed by atoms with Gasteiger partial charge in [0.1, 0.15) is 0 Å². The molecule has 29 heavy (non-hydrogen) atoms. The Bertz CT molecular complexity index is 831. The van der Waals surface area contributed by atoms with E-state index in [0.717, 1.165) is 0 Å². The molecule has 9 heteroatoms. The van der Waals surface area contributed by atoms with Crippen LogP contribution >= 0.6 is 0 Å². The van der Waals surface area contributed by atoms with Crippen LogP contribution in [0.15, 0.2) is 29.2 Å². The van der Waals surface area contributed by atoms with E-state index in [1.54, 1.807) is 30.9 Å². The molecule has 162 valence electrons. The van der Waals surface area contributed by atoms with Gasteiger partial charge in [-0.2, -0.15) is 4.31 Å². The lowest BCUT2D eigenvalue weighted by Gasteiger charge is -2.42. The fourth-order valence-corrected chi connectivity index (χ4v) is 5.27. The van der Waals surface area contributed by atoms with Gasteiger partial charge in [-0.3, -0.25) is 9.69 Å². The number of morpholine rings is 1. The van der Waals surface area contributed by atoms with Crippen molar-refractivity contribution in [2.24, 2.45) is 0 Å². The zero-order valence-corrected chi connectivity index (χ0v) is 18.2. The van der Waals surface area contributed by atoms with Crippen LogP contribution in [-0.2, 0) is 14.8 Å². The Hall–Kier alpha value is -1.52. The Balaban J connectivity index is 1.72. The van der Waals surface area contributed by atoms with Gasteiger partial charge in [0.2, 0.25) is 10.0 Å². The lowest BCUT2D eigenvalue weighted by molar-refractivity contribution is -0.00144. The van der Waals surface area contributed by atoms with Crippen LogP contribution in [0.3, 0.4) is 0 Å². The van der Waals surface area contributed by atoms with Crippen molar-refractivity contribution in [3.8, 4) is 0 Å². The van der Waals surface area contributed by atoms with Crippen molar-refractivity contribution < 1.29 is 23.1 Å². The second kappa shape index (κ2) is 8.69. The largest absolute Gasteiger partial charge is 0.389 e. The molecule has 2 heterocycles. The van der Waals surface area contributed by atoms with E-state index in [2.05, 4.69) is 4.90 Å². The maximum absolute atomic E-state index is 13.0. The van der Waals surface area contributed by atoms with Gasteiger partial charge in [-0.1, -0.05) is 6.07 Å². The lowest BCUT2D eigenvalue weighted by Crippen LogP contribution is -2.56. The highest BCUT2D eigenvalue weighted by molar-refractivity contribution is 7.89.